The maximum Gasteiger partial charge on any atom is 0.168 e. The van der Waals surface area contributed by atoms with Gasteiger partial charge in [-0.25, -0.2) is 0 Å². The maximum atomic E-state index is 5.81. The zero-order chi connectivity index (χ0) is 10.5. The molecule has 15 heavy (non-hydrogen) atoms. The molecular weight excluding hydrogens is 188 g/mol. The van der Waals surface area contributed by atoms with Crippen molar-refractivity contribution in [3.63, 3.8) is 0 Å². The fourth-order valence-electron chi connectivity index (χ4n) is 1.75. The lowest BCUT2D eigenvalue weighted by atomic mass is 10.1. The first kappa shape index (κ1) is 10.1. The van der Waals surface area contributed by atoms with Gasteiger partial charge in [-0.3, -0.25) is 0 Å². The number of para-hydroxylation sites is 2. The molecule has 2 heteroatoms. The first-order valence-electron chi connectivity index (χ1n) is 5.40. The summed E-state index contributed by atoms with van der Waals surface area (Å²) in [5.41, 5.74) is 0. The second-order valence-electron chi connectivity index (χ2n) is 3.67. The van der Waals surface area contributed by atoms with E-state index in [-0.39, 0.29) is 0 Å². The summed E-state index contributed by atoms with van der Waals surface area (Å²) in [5, 5.41) is 0. The third-order valence-electron chi connectivity index (χ3n) is 2.56. The highest BCUT2D eigenvalue weighted by atomic mass is 16.5. The van der Waals surface area contributed by atoms with Crippen LogP contribution in [0.1, 0.15) is 25.7 Å². The predicted octanol–water partition coefficient (Wildman–Crippen LogP) is 3.53. The highest BCUT2D eigenvalue weighted by molar-refractivity contribution is 5.40. The third-order valence-corrected chi connectivity index (χ3v) is 2.56. The normalized spacial score (nSPS) is 15.7. The maximum absolute atomic E-state index is 5.81. The first-order valence-corrected chi connectivity index (χ1v) is 5.40. The van der Waals surface area contributed by atoms with E-state index in [0.29, 0.717) is 0 Å². The van der Waals surface area contributed by atoms with E-state index >= 15 is 0 Å². The molecule has 80 valence electrons. The Morgan fingerprint density at radius 1 is 1.07 bits per heavy atom. The van der Waals surface area contributed by atoms with Crippen molar-refractivity contribution >= 4 is 0 Å². The van der Waals surface area contributed by atoms with Gasteiger partial charge in [-0.05, 0) is 37.5 Å². The monoisotopic (exact) mass is 204 g/mol. The number of hydrogen-bond acceptors (Lipinski definition) is 2. The van der Waals surface area contributed by atoms with Crippen LogP contribution >= 0.6 is 0 Å². The molecule has 0 radical (unpaired) electrons. The fraction of sp³-hybridized carbons (Fsp3) is 0.385. The molecule has 1 aromatic carbocycles. The van der Waals surface area contributed by atoms with Crippen LogP contribution in [-0.4, -0.2) is 7.11 Å². The van der Waals surface area contributed by atoms with Crippen molar-refractivity contribution in [2.24, 2.45) is 0 Å². The van der Waals surface area contributed by atoms with E-state index in [1.807, 2.05) is 24.3 Å². The average molecular weight is 204 g/mol. The van der Waals surface area contributed by atoms with E-state index in [4.69, 9.17) is 9.47 Å². The molecule has 2 rings (SSSR count). The summed E-state index contributed by atoms with van der Waals surface area (Å²) in [5.74, 6) is 2.68. The first-order chi connectivity index (χ1) is 7.40. The Hall–Kier alpha value is -1.44. The number of rotatable bonds is 3. The molecule has 0 atom stereocenters. The van der Waals surface area contributed by atoms with E-state index in [0.717, 1.165) is 30.1 Å². The van der Waals surface area contributed by atoms with Gasteiger partial charge in [-0.1, -0.05) is 12.1 Å². The van der Waals surface area contributed by atoms with Gasteiger partial charge in [-0.15, -0.1) is 0 Å². The van der Waals surface area contributed by atoms with E-state index in [1.165, 1.54) is 12.8 Å². The Bertz CT molecular complexity index is 355. The summed E-state index contributed by atoms with van der Waals surface area (Å²) in [6, 6.07) is 7.76. The number of benzene rings is 1. The largest absolute Gasteiger partial charge is 0.493 e. The van der Waals surface area contributed by atoms with Gasteiger partial charge < -0.3 is 9.47 Å². The van der Waals surface area contributed by atoms with Crippen LogP contribution < -0.4 is 9.47 Å². The molecule has 0 aromatic heterocycles. The minimum absolute atomic E-state index is 0.795. The zero-order valence-electron chi connectivity index (χ0n) is 9.03. The van der Waals surface area contributed by atoms with Gasteiger partial charge in [0.15, 0.2) is 11.5 Å². The molecule has 2 nitrogen and oxygen atoms in total. The lowest BCUT2D eigenvalue weighted by Crippen LogP contribution is -2.01. The Morgan fingerprint density at radius 3 is 2.53 bits per heavy atom. The SMILES string of the molecule is COc1ccccc1OC1=CCCCC1. The van der Waals surface area contributed by atoms with E-state index in [9.17, 15) is 0 Å². The van der Waals surface area contributed by atoms with Crippen molar-refractivity contribution in [3.05, 3.63) is 36.1 Å². The predicted molar refractivity (Wildman–Crippen MR) is 60.2 cm³/mol. The van der Waals surface area contributed by atoms with Gasteiger partial charge in [0.25, 0.3) is 0 Å². The summed E-state index contributed by atoms with van der Waals surface area (Å²) >= 11 is 0. The van der Waals surface area contributed by atoms with Gasteiger partial charge in [0.1, 0.15) is 5.76 Å². The summed E-state index contributed by atoms with van der Waals surface area (Å²) in [6.45, 7) is 0. The molecule has 1 aliphatic rings. The lowest BCUT2D eigenvalue weighted by molar-refractivity contribution is 0.343. The average Bonchev–Trinajstić information content (AvgIpc) is 2.31. The Labute approximate surface area is 90.5 Å². The number of hydrogen-bond donors (Lipinski definition) is 0. The van der Waals surface area contributed by atoms with Crippen LogP contribution in [0.15, 0.2) is 36.1 Å². The molecule has 0 saturated heterocycles. The minimum atomic E-state index is 0.795. The van der Waals surface area contributed by atoms with Crippen LogP contribution in [-0.2, 0) is 0 Å². The molecular formula is C13H16O2. The molecule has 0 N–H and O–H groups in total. The number of ether oxygens (including phenoxy) is 2. The molecule has 0 amide bonds. The lowest BCUT2D eigenvalue weighted by Gasteiger charge is -2.15. The van der Waals surface area contributed by atoms with Crippen LogP contribution in [0.2, 0.25) is 0 Å². The topological polar surface area (TPSA) is 18.5 Å². The van der Waals surface area contributed by atoms with Crippen LogP contribution in [0, 0.1) is 0 Å². The zero-order valence-corrected chi connectivity index (χ0v) is 9.03. The molecule has 1 aromatic rings. The molecule has 0 spiro atoms. The number of methoxy groups -OCH3 is 1. The summed E-state index contributed by atoms with van der Waals surface area (Å²) in [6.07, 6.45) is 6.85. The van der Waals surface area contributed by atoms with Gasteiger partial charge >= 0.3 is 0 Å². The van der Waals surface area contributed by atoms with Crippen LogP contribution in [0.5, 0.6) is 11.5 Å². The molecule has 0 heterocycles. The molecule has 1 aliphatic carbocycles. The van der Waals surface area contributed by atoms with Crippen molar-refractivity contribution in [2.45, 2.75) is 25.7 Å². The summed E-state index contributed by atoms with van der Waals surface area (Å²) in [7, 11) is 1.66. The van der Waals surface area contributed by atoms with Crippen LogP contribution in [0.3, 0.4) is 0 Å². The highest BCUT2D eigenvalue weighted by Gasteiger charge is 2.08. The highest BCUT2D eigenvalue weighted by Crippen LogP contribution is 2.30. The Morgan fingerprint density at radius 2 is 1.87 bits per heavy atom. The Kier molecular flexibility index (Phi) is 3.28. The van der Waals surface area contributed by atoms with Crippen molar-refractivity contribution < 1.29 is 9.47 Å². The summed E-state index contributed by atoms with van der Waals surface area (Å²) < 4.78 is 11.0. The molecule has 0 fully saturated rings. The fourth-order valence-corrected chi connectivity index (χ4v) is 1.75. The van der Waals surface area contributed by atoms with Gasteiger partial charge in [-0.2, -0.15) is 0 Å². The second kappa shape index (κ2) is 4.87. The molecule has 0 bridgehead atoms. The number of allylic oxidation sites excluding steroid dienone is 2. The van der Waals surface area contributed by atoms with Crippen LogP contribution in [0.4, 0.5) is 0 Å². The third kappa shape index (κ3) is 2.52. The van der Waals surface area contributed by atoms with Crippen molar-refractivity contribution in [1.29, 1.82) is 0 Å². The smallest absolute Gasteiger partial charge is 0.168 e. The van der Waals surface area contributed by atoms with Gasteiger partial charge in [0.2, 0.25) is 0 Å². The van der Waals surface area contributed by atoms with Crippen molar-refractivity contribution in [1.82, 2.24) is 0 Å². The second-order valence-corrected chi connectivity index (χ2v) is 3.67. The molecule has 0 saturated carbocycles. The van der Waals surface area contributed by atoms with E-state index in [2.05, 4.69) is 6.08 Å². The van der Waals surface area contributed by atoms with E-state index < -0.39 is 0 Å². The van der Waals surface area contributed by atoms with E-state index in [1.54, 1.807) is 7.11 Å². The molecule has 0 aliphatic heterocycles. The minimum Gasteiger partial charge on any atom is -0.493 e. The van der Waals surface area contributed by atoms with Gasteiger partial charge in [0, 0.05) is 6.42 Å². The van der Waals surface area contributed by atoms with Crippen LogP contribution in [0.25, 0.3) is 0 Å². The van der Waals surface area contributed by atoms with Crippen molar-refractivity contribution in [2.75, 3.05) is 7.11 Å². The van der Waals surface area contributed by atoms with Gasteiger partial charge in [0.05, 0.1) is 7.11 Å². The quantitative estimate of drug-likeness (QED) is 0.749. The summed E-state index contributed by atoms with van der Waals surface area (Å²) in [4.78, 5) is 0. The Balaban J connectivity index is 2.12. The van der Waals surface area contributed by atoms with Crippen molar-refractivity contribution in [3.8, 4) is 11.5 Å². The molecule has 0 unspecified atom stereocenters. The standard InChI is InChI=1S/C13H16O2/c1-14-12-9-5-6-10-13(12)15-11-7-3-2-4-8-11/h5-7,9-10H,2-4,8H2,1H3.